The third-order valence-electron chi connectivity index (χ3n) is 3.22. The summed E-state index contributed by atoms with van der Waals surface area (Å²) in [6.45, 7) is 0.0347. The Morgan fingerprint density at radius 2 is 2.00 bits per heavy atom. The molecule has 1 aromatic carbocycles. The van der Waals surface area contributed by atoms with Crippen LogP contribution in [0.4, 0.5) is 8.78 Å². The average Bonchev–Trinajstić information content (AvgIpc) is 2.56. The van der Waals surface area contributed by atoms with Gasteiger partial charge in [-0.1, -0.05) is 0 Å². The van der Waals surface area contributed by atoms with Gasteiger partial charge in [-0.3, -0.25) is 0 Å². The number of sulfone groups is 1. The largest absolute Gasteiger partial charge is 0.497 e. The number of benzene rings is 1. The van der Waals surface area contributed by atoms with E-state index >= 15 is 0 Å². The minimum Gasteiger partial charge on any atom is -0.497 e. The highest BCUT2D eigenvalue weighted by Crippen LogP contribution is 2.26. The van der Waals surface area contributed by atoms with Crippen molar-refractivity contribution in [3.8, 4) is 11.5 Å². The molecule has 0 aliphatic rings. The summed E-state index contributed by atoms with van der Waals surface area (Å²) in [5.41, 5.74) is 0.443. The lowest BCUT2D eigenvalue weighted by Gasteiger charge is -2.13. The van der Waals surface area contributed by atoms with Gasteiger partial charge in [-0.25, -0.2) is 13.4 Å². The summed E-state index contributed by atoms with van der Waals surface area (Å²) in [7, 11) is -1.54. The smallest absolute Gasteiger partial charge is 0.387 e. The zero-order valence-corrected chi connectivity index (χ0v) is 18.6. The third-order valence-corrected chi connectivity index (χ3v) is 4.25. The maximum absolute atomic E-state index is 12.5. The van der Waals surface area contributed by atoms with E-state index < -0.39 is 16.4 Å². The van der Waals surface area contributed by atoms with Crippen molar-refractivity contribution in [2.75, 3.05) is 32.2 Å². The van der Waals surface area contributed by atoms with E-state index in [0.717, 1.165) is 0 Å². The molecule has 0 aliphatic heterocycles. The number of guanidine groups is 1. The van der Waals surface area contributed by atoms with Crippen molar-refractivity contribution in [3.05, 3.63) is 23.8 Å². The van der Waals surface area contributed by atoms with E-state index in [1.165, 1.54) is 25.5 Å². The minimum atomic E-state index is -3.02. The van der Waals surface area contributed by atoms with Crippen LogP contribution in [-0.4, -0.2) is 53.2 Å². The van der Waals surface area contributed by atoms with Crippen molar-refractivity contribution in [2.24, 2.45) is 4.99 Å². The second-order valence-electron chi connectivity index (χ2n) is 5.46. The lowest BCUT2D eigenvalue weighted by atomic mass is 10.2. The number of methoxy groups -OCH3 is 1. The molecule has 0 atom stereocenters. The fraction of sp³-hybridized carbons (Fsp3) is 0.562. The van der Waals surface area contributed by atoms with Gasteiger partial charge in [0.2, 0.25) is 0 Å². The Hall–Kier alpha value is -1.37. The van der Waals surface area contributed by atoms with Gasteiger partial charge in [0.05, 0.1) is 19.4 Å². The topological polar surface area (TPSA) is 89.0 Å². The van der Waals surface area contributed by atoms with Crippen molar-refractivity contribution in [3.63, 3.8) is 0 Å². The van der Waals surface area contributed by atoms with Crippen LogP contribution in [0.1, 0.15) is 18.9 Å². The van der Waals surface area contributed by atoms with Crippen LogP contribution in [0.3, 0.4) is 0 Å². The molecule has 2 N–H and O–H groups in total. The Bertz CT molecular complexity index is 703. The lowest BCUT2D eigenvalue weighted by molar-refractivity contribution is -0.0504. The van der Waals surface area contributed by atoms with Crippen LogP contribution < -0.4 is 20.1 Å². The van der Waals surface area contributed by atoms with Crippen LogP contribution in [0.2, 0.25) is 0 Å². The Kier molecular flexibility index (Phi) is 12.3. The molecular formula is C16H26F2IN3O4S. The van der Waals surface area contributed by atoms with Gasteiger partial charge in [-0.15, -0.1) is 24.0 Å². The molecular weight excluding hydrogens is 495 g/mol. The van der Waals surface area contributed by atoms with E-state index in [4.69, 9.17) is 4.74 Å². The second kappa shape index (κ2) is 12.9. The molecule has 1 aromatic rings. The lowest BCUT2D eigenvalue weighted by Crippen LogP contribution is -2.38. The number of nitrogens with one attached hydrogen (secondary N) is 2. The zero-order chi connectivity index (χ0) is 19.6. The first-order chi connectivity index (χ1) is 12.2. The number of halogens is 3. The molecule has 1 rings (SSSR count). The molecule has 27 heavy (non-hydrogen) atoms. The van der Waals surface area contributed by atoms with Gasteiger partial charge < -0.3 is 20.1 Å². The number of hydrogen-bond donors (Lipinski definition) is 2. The Balaban J connectivity index is 0.00000676. The highest BCUT2D eigenvalue weighted by atomic mass is 127. The van der Waals surface area contributed by atoms with Crippen LogP contribution in [0, 0.1) is 0 Å². The molecule has 0 unspecified atom stereocenters. The average molecular weight is 521 g/mol. The van der Waals surface area contributed by atoms with Crippen LogP contribution in [-0.2, 0) is 16.4 Å². The van der Waals surface area contributed by atoms with E-state index in [1.54, 1.807) is 6.07 Å². The normalized spacial score (nSPS) is 11.7. The summed E-state index contributed by atoms with van der Waals surface area (Å²) >= 11 is 0. The molecule has 0 aromatic heterocycles. The van der Waals surface area contributed by atoms with Gasteiger partial charge in [0.1, 0.15) is 21.3 Å². The molecule has 0 bridgehead atoms. The number of aliphatic imine (C=N–C) groups is 1. The first-order valence-corrected chi connectivity index (χ1v) is 10.1. The van der Waals surface area contributed by atoms with Crippen LogP contribution in [0.25, 0.3) is 0 Å². The predicted octanol–water partition coefficient (Wildman–Crippen LogP) is 2.40. The Labute approximate surface area is 175 Å². The Morgan fingerprint density at radius 3 is 2.56 bits per heavy atom. The first kappa shape index (κ1) is 25.6. The van der Waals surface area contributed by atoms with E-state index in [0.29, 0.717) is 36.8 Å². The van der Waals surface area contributed by atoms with E-state index in [2.05, 4.69) is 20.4 Å². The van der Waals surface area contributed by atoms with Gasteiger partial charge in [0.15, 0.2) is 5.96 Å². The van der Waals surface area contributed by atoms with Crippen LogP contribution in [0.15, 0.2) is 23.2 Å². The van der Waals surface area contributed by atoms with Gasteiger partial charge in [0.25, 0.3) is 0 Å². The SMILES string of the molecule is CCNC(=NCc1cc(OC)ccc1OC(F)F)NCCCS(C)(=O)=O.I. The quantitative estimate of drug-likeness (QED) is 0.213. The maximum Gasteiger partial charge on any atom is 0.387 e. The highest BCUT2D eigenvalue weighted by Gasteiger charge is 2.11. The molecule has 0 saturated heterocycles. The van der Waals surface area contributed by atoms with E-state index in [-0.39, 0.29) is 42.0 Å². The van der Waals surface area contributed by atoms with Gasteiger partial charge in [-0.05, 0) is 31.5 Å². The number of alkyl halides is 2. The van der Waals surface area contributed by atoms with Crippen molar-refractivity contribution in [1.29, 1.82) is 0 Å². The van der Waals surface area contributed by atoms with Crippen LogP contribution >= 0.6 is 24.0 Å². The predicted molar refractivity (Wildman–Crippen MR) is 112 cm³/mol. The summed E-state index contributed by atoms with van der Waals surface area (Å²) < 4.78 is 57.0. The van der Waals surface area contributed by atoms with E-state index in [9.17, 15) is 17.2 Å². The minimum absolute atomic E-state index is 0. The number of nitrogens with zero attached hydrogens (tertiary/aromatic N) is 1. The third kappa shape index (κ3) is 11.2. The van der Waals surface area contributed by atoms with Crippen molar-refractivity contribution < 1.29 is 26.7 Å². The Morgan fingerprint density at radius 1 is 1.30 bits per heavy atom. The second-order valence-corrected chi connectivity index (χ2v) is 7.72. The monoisotopic (exact) mass is 521 g/mol. The first-order valence-electron chi connectivity index (χ1n) is 8.06. The highest BCUT2D eigenvalue weighted by molar-refractivity contribution is 14.0. The van der Waals surface area contributed by atoms with Crippen LogP contribution in [0.5, 0.6) is 11.5 Å². The summed E-state index contributed by atoms with van der Waals surface area (Å²) in [6.07, 6.45) is 1.61. The standard InChI is InChI=1S/C16H25F2N3O4S.HI/c1-4-19-16(20-8-5-9-26(3,22)23)21-11-12-10-13(24-2)6-7-14(12)25-15(17)18;/h6-7,10,15H,4-5,8-9,11H2,1-3H3,(H2,19,20,21);1H. The van der Waals surface area contributed by atoms with Crippen molar-refractivity contribution >= 4 is 39.8 Å². The van der Waals surface area contributed by atoms with Gasteiger partial charge >= 0.3 is 6.61 Å². The molecule has 7 nitrogen and oxygen atoms in total. The summed E-state index contributed by atoms with van der Waals surface area (Å²) in [4.78, 5) is 4.33. The molecule has 0 saturated carbocycles. The molecule has 0 heterocycles. The van der Waals surface area contributed by atoms with Gasteiger partial charge in [-0.2, -0.15) is 8.78 Å². The molecule has 11 heteroatoms. The maximum atomic E-state index is 12.5. The van der Waals surface area contributed by atoms with Crippen molar-refractivity contribution in [1.82, 2.24) is 10.6 Å². The summed E-state index contributed by atoms with van der Waals surface area (Å²) in [6, 6.07) is 4.51. The molecule has 156 valence electrons. The number of ether oxygens (including phenoxy) is 2. The number of rotatable bonds is 10. The molecule has 0 fully saturated rings. The fourth-order valence-corrected chi connectivity index (χ4v) is 2.73. The fourth-order valence-electron chi connectivity index (χ4n) is 2.06. The van der Waals surface area contributed by atoms with Gasteiger partial charge in [0, 0.05) is 24.9 Å². The zero-order valence-electron chi connectivity index (χ0n) is 15.5. The molecule has 0 amide bonds. The van der Waals surface area contributed by atoms with E-state index in [1.807, 2.05) is 6.92 Å². The summed E-state index contributed by atoms with van der Waals surface area (Å²) in [5.74, 6) is 1.05. The molecule has 0 radical (unpaired) electrons. The number of hydrogen-bond acceptors (Lipinski definition) is 5. The summed E-state index contributed by atoms with van der Waals surface area (Å²) in [5, 5.41) is 6.02. The van der Waals surface area contributed by atoms with Crippen molar-refractivity contribution in [2.45, 2.75) is 26.5 Å². The molecule has 0 spiro atoms. The molecule has 0 aliphatic carbocycles.